The summed E-state index contributed by atoms with van der Waals surface area (Å²) in [6.45, 7) is 0.0876. The van der Waals surface area contributed by atoms with Crippen molar-refractivity contribution >= 4 is 15.8 Å². The van der Waals surface area contributed by atoms with Crippen molar-refractivity contribution in [1.29, 1.82) is 0 Å². The first kappa shape index (κ1) is 18.8. The standard InChI is InChI=1S/C18H20O6S/c1-22-16-9-6-14(10-17(16)23-2)11-24-18(19)15-7-4-13(5-8-15)12-25(3,20)21/h4-10H,11-12H2,1-3H3. The smallest absolute Gasteiger partial charge is 0.338 e. The lowest BCUT2D eigenvalue weighted by molar-refractivity contribution is 0.0472. The first-order valence-electron chi connectivity index (χ1n) is 7.47. The molecule has 0 aliphatic heterocycles. The quantitative estimate of drug-likeness (QED) is 0.703. The van der Waals surface area contributed by atoms with Crippen molar-refractivity contribution in [1.82, 2.24) is 0 Å². The molecule has 0 saturated heterocycles. The van der Waals surface area contributed by atoms with E-state index in [0.29, 0.717) is 22.6 Å². The van der Waals surface area contributed by atoms with Crippen molar-refractivity contribution in [3.63, 3.8) is 0 Å². The summed E-state index contributed by atoms with van der Waals surface area (Å²) >= 11 is 0. The number of hydrogen-bond donors (Lipinski definition) is 0. The van der Waals surface area contributed by atoms with Gasteiger partial charge in [-0.15, -0.1) is 0 Å². The Morgan fingerprint density at radius 3 is 2.08 bits per heavy atom. The van der Waals surface area contributed by atoms with Crippen LogP contribution in [-0.4, -0.2) is 34.9 Å². The molecule has 25 heavy (non-hydrogen) atoms. The molecule has 0 fully saturated rings. The first-order valence-corrected chi connectivity index (χ1v) is 9.53. The Morgan fingerprint density at radius 2 is 1.52 bits per heavy atom. The lowest BCUT2D eigenvalue weighted by Gasteiger charge is -2.10. The molecule has 2 rings (SSSR count). The van der Waals surface area contributed by atoms with Crippen LogP contribution in [0.1, 0.15) is 21.5 Å². The van der Waals surface area contributed by atoms with E-state index in [0.717, 1.165) is 11.8 Å². The summed E-state index contributed by atoms with van der Waals surface area (Å²) in [5.74, 6) is 0.606. The topological polar surface area (TPSA) is 78.9 Å². The third-order valence-corrected chi connectivity index (χ3v) is 4.29. The Bertz CT molecular complexity index is 840. The van der Waals surface area contributed by atoms with Gasteiger partial charge in [0.2, 0.25) is 0 Å². The number of rotatable bonds is 7. The average Bonchev–Trinajstić information content (AvgIpc) is 2.58. The molecule has 0 spiro atoms. The molecule has 0 bridgehead atoms. The number of carbonyl (C=O) groups is 1. The second-order valence-electron chi connectivity index (χ2n) is 5.53. The number of esters is 1. The number of benzene rings is 2. The van der Waals surface area contributed by atoms with Gasteiger partial charge in [0.05, 0.1) is 25.5 Å². The maximum Gasteiger partial charge on any atom is 0.338 e. The molecule has 7 heteroatoms. The zero-order valence-corrected chi connectivity index (χ0v) is 15.1. The molecule has 0 atom stereocenters. The molecule has 0 aliphatic rings. The second-order valence-corrected chi connectivity index (χ2v) is 7.67. The maximum absolute atomic E-state index is 12.1. The van der Waals surface area contributed by atoms with Crippen molar-refractivity contribution in [3.05, 3.63) is 59.2 Å². The Kier molecular flexibility index (Phi) is 6.03. The highest BCUT2D eigenvalue weighted by atomic mass is 32.2. The zero-order chi connectivity index (χ0) is 18.4. The van der Waals surface area contributed by atoms with Crippen LogP contribution >= 0.6 is 0 Å². The van der Waals surface area contributed by atoms with E-state index < -0.39 is 15.8 Å². The summed E-state index contributed by atoms with van der Waals surface area (Å²) in [7, 11) is -0.0272. The van der Waals surface area contributed by atoms with Crippen LogP contribution in [0.2, 0.25) is 0 Å². The van der Waals surface area contributed by atoms with Gasteiger partial charge in [-0.1, -0.05) is 18.2 Å². The van der Waals surface area contributed by atoms with Gasteiger partial charge in [-0.2, -0.15) is 0 Å². The Balaban J connectivity index is 2.00. The highest BCUT2D eigenvalue weighted by Gasteiger charge is 2.11. The van der Waals surface area contributed by atoms with Gasteiger partial charge in [0.1, 0.15) is 6.61 Å². The van der Waals surface area contributed by atoms with Gasteiger partial charge in [0.15, 0.2) is 21.3 Å². The van der Waals surface area contributed by atoms with Gasteiger partial charge in [-0.3, -0.25) is 0 Å². The molecule has 0 amide bonds. The van der Waals surface area contributed by atoms with Crippen molar-refractivity contribution in [2.75, 3.05) is 20.5 Å². The molecular weight excluding hydrogens is 344 g/mol. The monoisotopic (exact) mass is 364 g/mol. The Labute approximate surface area is 147 Å². The third kappa shape index (κ3) is 5.49. The summed E-state index contributed by atoms with van der Waals surface area (Å²) in [5.41, 5.74) is 1.75. The summed E-state index contributed by atoms with van der Waals surface area (Å²) < 4.78 is 38.2. The molecule has 0 aliphatic carbocycles. The highest BCUT2D eigenvalue weighted by molar-refractivity contribution is 7.89. The van der Waals surface area contributed by atoms with E-state index in [1.54, 1.807) is 49.6 Å². The van der Waals surface area contributed by atoms with Crippen LogP contribution in [0.25, 0.3) is 0 Å². The maximum atomic E-state index is 12.1. The number of hydrogen-bond acceptors (Lipinski definition) is 6. The van der Waals surface area contributed by atoms with E-state index >= 15 is 0 Å². The second kappa shape index (κ2) is 8.02. The summed E-state index contributed by atoms with van der Waals surface area (Å²) in [4.78, 5) is 12.1. The minimum atomic E-state index is -3.11. The predicted octanol–water partition coefficient (Wildman–Crippen LogP) is 2.61. The molecule has 0 saturated carbocycles. The number of carbonyl (C=O) groups excluding carboxylic acids is 1. The van der Waals surface area contributed by atoms with E-state index in [1.165, 1.54) is 7.11 Å². The van der Waals surface area contributed by atoms with Gasteiger partial charge < -0.3 is 14.2 Å². The fourth-order valence-electron chi connectivity index (χ4n) is 2.24. The summed E-state index contributed by atoms with van der Waals surface area (Å²) in [6.07, 6.45) is 1.16. The Morgan fingerprint density at radius 1 is 0.920 bits per heavy atom. The van der Waals surface area contributed by atoms with Crippen LogP contribution in [0.5, 0.6) is 11.5 Å². The van der Waals surface area contributed by atoms with Crippen molar-refractivity contribution in [3.8, 4) is 11.5 Å². The molecule has 2 aromatic rings. The number of ether oxygens (including phenoxy) is 3. The predicted molar refractivity (Wildman–Crippen MR) is 93.7 cm³/mol. The van der Waals surface area contributed by atoms with Crippen LogP contribution in [0.15, 0.2) is 42.5 Å². The minimum Gasteiger partial charge on any atom is -0.493 e. The molecule has 0 unspecified atom stereocenters. The Hall–Kier alpha value is -2.54. The first-order chi connectivity index (χ1) is 11.8. The van der Waals surface area contributed by atoms with Gasteiger partial charge in [0, 0.05) is 6.26 Å². The van der Waals surface area contributed by atoms with E-state index in [2.05, 4.69) is 0 Å². The molecular formula is C18H20O6S. The lowest BCUT2D eigenvalue weighted by Crippen LogP contribution is -2.06. The summed E-state index contributed by atoms with van der Waals surface area (Å²) in [6, 6.07) is 11.6. The van der Waals surface area contributed by atoms with Gasteiger partial charge >= 0.3 is 5.97 Å². The fourth-order valence-corrected chi connectivity index (χ4v) is 3.04. The normalized spacial score (nSPS) is 11.0. The van der Waals surface area contributed by atoms with E-state index in [9.17, 15) is 13.2 Å². The van der Waals surface area contributed by atoms with Gasteiger partial charge in [-0.25, -0.2) is 13.2 Å². The highest BCUT2D eigenvalue weighted by Crippen LogP contribution is 2.27. The van der Waals surface area contributed by atoms with E-state index in [4.69, 9.17) is 14.2 Å². The summed E-state index contributed by atoms with van der Waals surface area (Å²) in [5, 5.41) is 0. The van der Waals surface area contributed by atoms with Gasteiger partial charge in [-0.05, 0) is 35.4 Å². The molecule has 0 heterocycles. The van der Waals surface area contributed by atoms with E-state index in [-0.39, 0.29) is 12.4 Å². The minimum absolute atomic E-state index is 0.0615. The van der Waals surface area contributed by atoms with Crippen LogP contribution in [0.4, 0.5) is 0 Å². The van der Waals surface area contributed by atoms with Crippen molar-refractivity contribution in [2.45, 2.75) is 12.4 Å². The van der Waals surface area contributed by atoms with Crippen molar-refractivity contribution < 1.29 is 27.4 Å². The molecule has 0 radical (unpaired) electrons. The fraction of sp³-hybridized carbons (Fsp3) is 0.278. The number of methoxy groups -OCH3 is 2. The van der Waals surface area contributed by atoms with Gasteiger partial charge in [0.25, 0.3) is 0 Å². The average molecular weight is 364 g/mol. The lowest BCUT2D eigenvalue weighted by atomic mass is 10.1. The SMILES string of the molecule is COc1ccc(COC(=O)c2ccc(CS(C)(=O)=O)cc2)cc1OC. The molecule has 0 aromatic heterocycles. The molecule has 134 valence electrons. The zero-order valence-electron chi connectivity index (χ0n) is 14.3. The molecule has 6 nitrogen and oxygen atoms in total. The molecule has 2 aromatic carbocycles. The van der Waals surface area contributed by atoms with Crippen LogP contribution in [0.3, 0.4) is 0 Å². The van der Waals surface area contributed by atoms with E-state index in [1.807, 2.05) is 0 Å². The largest absolute Gasteiger partial charge is 0.493 e. The van der Waals surface area contributed by atoms with Crippen molar-refractivity contribution in [2.24, 2.45) is 0 Å². The number of sulfone groups is 1. The third-order valence-electron chi connectivity index (χ3n) is 3.44. The van der Waals surface area contributed by atoms with Crippen LogP contribution in [0, 0.1) is 0 Å². The van der Waals surface area contributed by atoms with Crippen LogP contribution in [-0.2, 0) is 26.9 Å². The molecule has 0 N–H and O–H groups in total. The van der Waals surface area contributed by atoms with Crippen LogP contribution < -0.4 is 9.47 Å².